The minimum Gasteiger partial charge on any atom is -0.309 e. The second kappa shape index (κ2) is 7.42. The van der Waals surface area contributed by atoms with E-state index in [1.165, 1.54) is 12.8 Å². The van der Waals surface area contributed by atoms with Gasteiger partial charge < -0.3 is 10.6 Å². The Morgan fingerprint density at radius 1 is 1.32 bits per heavy atom. The van der Waals surface area contributed by atoms with E-state index in [2.05, 4.69) is 15.7 Å². The molecule has 1 aromatic carbocycles. The van der Waals surface area contributed by atoms with Crippen LogP contribution in [0.25, 0.3) is 5.69 Å². The average molecular weight is 321 g/mol. The third kappa shape index (κ3) is 4.08. The summed E-state index contributed by atoms with van der Waals surface area (Å²) in [4.78, 5) is 12.0. The summed E-state index contributed by atoms with van der Waals surface area (Å²) in [6, 6.07) is 9.78. The lowest BCUT2D eigenvalue weighted by Crippen LogP contribution is -2.30. The van der Waals surface area contributed by atoms with Crippen LogP contribution in [0.5, 0.6) is 0 Å². The highest BCUT2D eigenvalue weighted by Crippen LogP contribution is 2.27. The number of para-hydroxylation sites is 1. The summed E-state index contributed by atoms with van der Waals surface area (Å²) in [5.74, 6) is 1.43. The first-order valence-electron chi connectivity index (χ1n) is 7.34. The number of aromatic nitrogens is 2. The smallest absolute Gasteiger partial charge is 0.239 e. The van der Waals surface area contributed by atoms with E-state index in [1.54, 1.807) is 10.9 Å². The molecule has 1 aromatic heterocycles. The first-order valence-corrected chi connectivity index (χ1v) is 7.34. The minimum absolute atomic E-state index is 0. The monoisotopic (exact) mass is 320 g/mol. The molecule has 6 heteroatoms. The molecule has 2 aromatic rings. The molecule has 5 nitrogen and oxygen atoms in total. The number of hydrogen-bond acceptors (Lipinski definition) is 3. The van der Waals surface area contributed by atoms with E-state index in [-0.39, 0.29) is 18.3 Å². The number of nitrogens with one attached hydrogen (secondary N) is 2. The van der Waals surface area contributed by atoms with Crippen molar-refractivity contribution in [2.24, 2.45) is 5.92 Å². The van der Waals surface area contributed by atoms with Crippen molar-refractivity contribution in [3.63, 3.8) is 0 Å². The molecular weight excluding hydrogens is 300 g/mol. The average Bonchev–Trinajstić information content (AvgIpc) is 3.18. The number of halogens is 1. The summed E-state index contributed by atoms with van der Waals surface area (Å²) >= 11 is 0. The van der Waals surface area contributed by atoms with Crippen molar-refractivity contribution in [2.45, 2.75) is 19.8 Å². The molecule has 0 radical (unpaired) electrons. The van der Waals surface area contributed by atoms with E-state index in [1.807, 2.05) is 37.3 Å². The second-order valence-electron chi connectivity index (χ2n) is 5.54. The topological polar surface area (TPSA) is 59.0 Å². The largest absolute Gasteiger partial charge is 0.309 e. The number of hydrogen-bond donors (Lipinski definition) is 2. The highest BCUT2D eigenvalue weighted by molar-refractivity contribution is 5.91. The molecule has 2 N–H and O–H groups in total. The van der Waals surface area contributed by atoms with Crippen LogP contribution in [-0.4, -0.2) is 28.8 Å². The molecule has 0 spiro atoms. The van der Waals surface area contributed by atoms with E-state index in [0.29, 0.717) is 12.4 Å². The molecule has 1 aliphatic rings. The first kappa shape index (κ1) is 16.5. The third-order valence-electron chi connectivity index (χ3n) is 3.67. The van der Waals surface area contributed by atoms with Crippen molar-refractivity contribution in [2.75, 3.05) is 18.4 Å². The highest BCUT2D eigenvalue weighted by Gasteiger charge is 2.20. The van der Waals surface area contributed by atoms with Crippen molar-refractivity contribution in [1.29, 1.82) is 0 Å². The molecule has 0 unspecified atom stereocenters. The highest BCUT2D eigenvalue weighted by atomic mass is 35.5. The summed E-state index contributed by atoms with van der Waals surface area (Å²) in [7, 11) is 0. The fourth-order valence-corrected chi connectivity index (χ4v) is 2.29. The van der Waals surface area contributed by atoms with Gasteiger partial charge in [-0.1, -0.05) is 18.2 Å². The summed E-state index contributed by atoms with van der Waals surface area (Å²) in [6.07, 6.45) is 4.27. The summed E-state index contributed by atoms with van der Waals surface area (Å²) < 4.78 is 1.76. The molecule has 3 rings (SSSR count). The zero-order chi connectivity index (χ0) is 14.7. The summed E-state index contributed by atoms with van der Waals surface area (Å²) in [5.41, 5.74) is 2.09. The molecule has 1 heterocycles. The molecule has 118 valence electrons. The number of benzene rings is 1. The fraction of sp³-hybridized carbons (Fsp3) is 0.375. The van der Waals surface area contributed by atoms with Crippen LogP contribution in [0.2, 0.25) is 0 Å². The lowest BCUT2D eigenvalue weighted by Gasteiger charge is -2.11. The van der Waals surface area contributed by atoms with Gasteiger partial charge in [-0.2, -0.15) is 5.10 Å². The third-order valence-corrected chi connectivity index (χ3v) is 3.67. The molecule has 0 aliphatic heterocycles. The number of aryl methyl sites for hydroxylation is 1. The van der Waals surface area contributed by atoms with Crippen LogP contribution in [-0.2, 0) is 4.79 Å². The maximum Gasteiger partial charge on any atom is 0.239 e. The molecular formula is C16H21ClN4O. The molecule has 1 aliphatic carbocycles. The van der Waals surface area contributed by atoms with Crippen molar-refractivity contribution in [3.05, 3.63) is 42.1 Å². The molecule has 0 atom stereocenters. The number of nitrogens with zero attached hydrogens (tertiary/aromatic N) is 2. The van der Waals surface area contributed by atoms with Gasteiger partial charge in [-0.15, -0.1) is 12.4 Å². The minimum atomic E-state index is -0.0361. The Balaban J connectivity index is 0.00000176. The standard InChI is InChI=1S/C16H20N4O.ClH/c1-12-4-2-3-5-14(12)20-15(8-9-18-20)19-16(21)11-17-10-13-6-7-13;/h2-5,8-9,13,17H,6-7,10-11H2,1H3,(H,19,21);1H. The predicted octanol–water partition coefficient (Wildman–Crippen LogP) is 2.54. The van der Waals surface area contributed by atoms with E-state index in [9.17, 15) is 4.79 Å². The number of anilines is 1. The van der Waals surface area contributed by atoms with Crippen LogP contribution in [0.15, 0.2) is 36.5 Å². The SMILES string of the molecule is Cc1ccccc1-n1nccc1NC(=O)CNCC1CC1.Cl. The first-order chi connectivity index (χ1) is 10.2. The van der Waals surface area contributed by atoms with E-state index in [0.717, 1.165) is 23.7 Å². The van der Waals surface area contributed by atoms with Crippen LogP contribution in [0.1, 0.15) is 18.4 Å². The Labute approximate surface area is 136 Å². The van der Waals surface area contributed by atoms with E-state index in [4.69, 9.17) is 0 Å². The van der Waals surface area contributed by atoms with Gasteiger partial charge in [0.15, 0.2) is 0 Å². The Morgan fingerprint density at radius 3 is 2.82 bits per heavy atom. The Morgan fingerprint density at radius 2 is 2.09 bits per heavy atom. The molecule has 0 saturated heterocycles. The van der Waals surface area contributed by atoms with Crippen LogP contribution < -0.4 is 10.6 Å². The van der Waals surface area contributed by atoms with Crippen molar-refractivity contribution in [1.82, 2.24) is 15.1 Å². The van der Waals surface area contributed by atoms with E-state index >= 15 is 0 Å². The maximum atomic E-state index is 12.0. The molecule has 22 heavy (non-hydrogen) atoms. The summed E-state index contributed by atoms with van der Waals surface area (Å²) in [6.45, 7) is 3.31. The van der Waals surface area contributed by atoms with Crippen LogP contribution in [0.3, 0.4) is 0 Å². The second-order valence-corrected chi connectivity index (χ2v) is 5.54. The fourth-order valence-electron chi connectivity index (χ4n) is 2.29. The van der Waals surface area contributed by atoms with Crippen molar-refractivity contribution in [3.8, 4) is 5.69 Å². The normalized spacial score (nSPS) is 13.5. The number of rotatable bonds is 6. The van der Waals surface area contributed by atoms with Gasteiger partial charge in [0.25, 0.3) is 0 Å². The molecule has 0 bridgehead atoms. The Kier molecular flexibility index (Phi) is 5.57. The maximum absolute atomic E-state index is 12.0. The van der Waals surface area contributed by atoms with Crippen molar-refractivity contribution >= 4 is 24.1 Å². The van der Waals surface area contributed by atoms with Gasteiger partial charge in [0.1, 0.15) is 5.82 Å². The zero-order valence-electron chi connectivity index (χ0n) is 12.6. The Bertz CT molecular complexity index is 637. The number of amides is 1. The van der Waals surface area contributed by atoms with Crippen LogP contribution in [0.4, 0.5) is 5.82 Å². The van der Waals surface area contributed by atoms with Crippen molar-refractivity contribution < 1.29 is 4.79 Å². The summed E-state index contributed by atoms with van der Waals surface area (Å²) in [5, 5.41) is 10.4. The number of carbonyl (C=O) groups excluding carboxylic acids is 1. The predicted molar refractivity (Wildman–Crippen MR) is 89.8 cm³/mol. The lowest BCUT2D eigenvalue weighted by molar-refractivity contribution is -0.115. The van der Waals surface area contributed by atoms with Gasteiger partial charge in [0.2, 0.25) is 5.91 Å². The van der Waals surface area contributed by atoms with Gasteiger partial charge in [-0.25, -0.2) is 4.68 Å². The molecule has 1 fully saturated rings. The number of carbonyl (C=O) groups is 1. The van der Waals surface area contributed by atoms with E-state index < -0.39 is 0 Å². The van der Waals surface area contributed by atoms with Crippen LogP contribution >= 0.6 is 12.4 Å². The zero-order valence-corrected chi connectivity index (χ0v) is 13.4. The Hall–Kier alpha value is -1.85. The van der Waals surface area contributed by atoms with Gasteiger partial charge in [-0.3, -0.25) is 4.79 Å². The van der Waals surface area contributed by atoms with Gasteiger partial charge in [0, 0.05) is 6.07 Å². The lowest BCUT2D eigenvalue weighted by atomic mass is 10.2. The van der Waals surface area contributed by atoms with Gasteiger partial charge in [0.05, 0.1) is 18.4 Å². The van der Waals surface area contributed by atoms with Gasteiger partial charge >= 0.3 is 0 Å². The van der Waals surface area contributed by atoms with Gasteiger partial charge in [-0.05, 0) is 43.9 Å². The molecule has 1 amide bonds. The molecule has 1 saturated carbocycles. The quantitative estimate of drug-likeness (QED) is 0.860. The van der Waals surface area contributed by atoms with Crippen LogP contribution in [0, 0.1) is 12.8 Å².